The van der Waals surface area contributed by atoms with Crippen LogP contribution in [0.3, 0.4) is 0 Å². The van der Waals surface area contributed by atoms with Crippen molar-refractivity contribution in [1.82, 2.24) is 9.13 Å². The Kier molecular flexibility index (Phi) is 8.28. The molecule has 2 heterocycles. The highest BCUT2D eigenvalue weighted by molar-refractivity contribution is 6.15. The molecule has 0 aliphatic carbocycles. The number of carbonyl (C=O) groups excluding carboxylic acids is 3. The Hall–Kier alpha value is -4.67. The van der Waals surface area contributed by atoms with Gasteiger partial charge in [0.2, 0.25) is 0 Å². The molecule has 1 aliphatic heterocycles. The summed E-state index contributed by atoms with van der Waals surface area (Å²) in [5, 5.41) is 12.5. The maximum atomic E-state index is 12.9. The number of carbonyl (C=O) groups is 3. The molecule has 194 valence electrons. The van der Waals surface area contributed by atoms with Crippen molar-refractivity contribution < 1.29 is 33.7 Å². The van der Waals surface area contributed by atoms with Crippen molar-refractivity contribution in [2.24, 2.45) is 7.05 Å². The largest absolute Gasteiger partial charge is 0.859 e. The molecule has 0 bridgehead atoms. The number of rotatable bonds is 8. The molecule has 0 unspecified atom stereocenters. The number of benzene rings is 1. The van der Waals surface area contributed by atoms with Crippen molar-refractivity contribution in [3.8, 4) is 11.6 Å². The Morgan fingerprint density at radius 3 is 2.32 bits per heavy atom. The van der Waals surface area contributed by atoms with Gasteiger partial charge in [0, 0.05) is 26.0 Å². The molecule has 37 heavy (non-hydrogen) atoms. The highest BCUT2D eigenvalue weighted by atomic mass is 16.7. The van der Waals surface area contributed by atoms with E-state index in [2.05, 4.69) is 0 Å². The summed E-state index contributed by atoms with van der Waals surface area (Å²) < 4.78 is 16.9. The van der Waals surface area contributed by atoms with Gasteiger partial charge >= 0.3 is 23.6 Å². The minimum absolute atomic E-state index is 0.0627. The first-order valence-electron chi connectivity index (χ1n) is 11.3. The number of hydrogen-bond donors (Lipinski definition) is 0. The molecule has 3 rings (SSSR count). The molecular formula is C26H25N2O9-. The molecule has 0 N–H and O–H groups in total. The number of aromatic nitrogens is 2. The van der Waals surface area contributed by atoms with Gasteiger partial charge in [-0.1, -0.05) is 36.4 Å². The van der Waals surface area contributed by atoms with Crippen LogP contribution in [0.25, 0.3) is 11.8 Å². The molecule has 11 nitrogen and oxygen atoms in total. The summed E-state index contributed by atoms with van der Waals surface area (Å²) in [5.74, 6) is -4.74. The summed E-state index contributed by atoms with van der Waals surface area (Å²) in [5.41, 5.74) is -1.88. The number of cyclic esters (lactones) is 2. The molecule has 0 radical (unpaired) electrons. The van der Waals surface area contributed by atoms with Crippen molar-refractivity contribution in [2.75, 3.05) is 6.61 Å². The van der Waals surface area contributed by atoms with Gasteiger partial charge in [0.1, 0.15) is 5.57 Å². The summed E-state index contributed by atoms with van der Waals surface area (Å²) in [6, 6.07) is 8.17. The zero-order valence-corrected chi connectivity index (χ0v) is 20.5. The van der Waals surface area contributed by atoms with E-state index < -0.39 is 40.8 Å². The predicted molar refractivity (Wildman–Crippen MR) is 129 cm³/mol. The number of esters is 3. The lowest BCUT2D eigenvalue weighted by atomic mass is 10.1. The fourth-order valence-corrected chi connectivity index (χ4v) is 3.44. The minimum Gasteiger partial charge on any atom is -0.859 e. The third kappa shape index (κ3) is 6.13. The van der Waals surface area contributed by atoms with E-state index in [9.17, 15) is 29.1 Å². The Balaban J connectivity index is 1.76. The standard InChI is InChI=1S/C26H26N2O9/c1-4-35-20(29)15-16-26(2)36-23(32)19(24(33)37-26)14-10-6-9-13-18-21(30)27(3)25(34)28(22(18)31)17-11-7-5-8-12-17/h5-14,30H,4,15-16H2,1-3H3/p-1/b10-6+,13-9+,19-14?. The quantitative estimate of drug-likeness (QED) is 0.222. The van der Waals surface area contributed by atoms with Crippen LogP contribution in [0.2, 0.25) is 0 Å². The van der Waals surface area contributed by atoms with Gasteiger partial charge in [-0.3, -0.25) is 9.59 Å². The maximum Gasteiger partial charge on any atom is 0.348 e. The lowest BCUT2D eigenvalue weighted by molar-refractivity contribution is -0.280. The van der Waals surface area contributed by atoms with Crippen LogP contribution in [0.1, 0.15) is 32.3 Å². The molecule has 0 spiro atoms. The number of ether oxygens (including phenoxy) is 3. The van der Waals surface area contributed by atoms with Gasteiger partial charge in [-0.05, 0) is 37.1 Å². The smallest absolute Gasteiger partial charge is 0.348 e. The van der Waals surface area contributed by atoms with Crippen LogP contribution in [0.5, 0.6) is 5.88 Å². The van der Waals surface area contributed by atoms with E-state index in [0.29, 0.717) is 5.69 Å². The maximum absolute atomic E-state index is 12.9. The lowest BCUT2D eigenvalue weighted by Crippen LogP contribution is -2.44. The van der Waals surface area contributed by atoms with E-state index in [1.807, 2.05) is 0 Å². The number of para-hydroxylation sites is 1. The topological polar surface area (TPSA) is 146 Å². The van der Waals surface area contributed by atoms with E-state index in [4.69, 9.17) is 14.2 Å². The van der Waals surface area contributed by atoms with Crippen LogP contribution in [-0.2, 0) is 35.6 Å². The lowest BCUT2D eigenvalue weighted by Gasteiger charge is -2.33. The summed E-state index contributed by atoms with van der Waals surface area (Å²) in [6.07, 6.45) is 6.25. The average molecular weight is 509 g/mol. The van der Waals surface area contributed by atoms with Crippen molar-refractivity contribution >= 4 is 24.0 Å². The van der Waals surface area contributed by atoms with Crippen LogP contribution >= 0.6 is 0 Å². The van der Waals surface area contributed by atoms with Crippen LogP contribution in [-0.4, -0.2) is 39.4 Å². The zero-order valence-electron chi connectivity index (χ0n) is 20.5. The van der Waals surface area contributed by atoms with E-state index >= 15 is 0 Å². The monoisotopic (exact) mass is 509 g/mol. The first kappa shape index (κ1) is 26.9. The molecule has 1 aromatic carbocycles. The molecule has 1 aliphatic rings. The number of nitrogens with zero attached hydrogens (tertiary/aromatic N) is 2. The van der Waals surface area contributed by atoms with Crippen molar-refractivity contribution in [1.29, 1.82) is 0 Å². The van der Waals surface area contributed by atoms with Gasteiger partial charge in [0.05, 0.1) is 18.7 Å². The van der Waals surface area contributed by atoms with Gasteiger partial charge in [-0.15, -0.1) is 0 Å². The number of allylic oxidation sites excluding steroid dienone is 4. The minimum atomic E-state index is -1.60. The van der Waals surface area contributed by atoms with Crippen LogP contribution < -0.4 is 16.4 Å². The average Bonchev–Trinajstić information content (AvgIpc) is 2.85. The third-order valence-corrected chi connectivity index (χ3v) is 5.35. The van der Waals surface area contributed by atoms with Gasteiger partial charge in [-0.2, -0.15) is 0 Å². The van der Waals surface area contributed by atoms with Gasteiger partial charge in [-0.25, -0.2) is 19.0 Å². The molecule has 11 heteroatoms. The summed E-state index contributed by atoms with van der Waals surface area (Å²) in [6.45, 7) is 3.22. The summed E-state index contributed by atoms with van der Waals surface area (Å²) in [4.78, 5) is 61.6. The molecule has 1 saturated heterocycles. The van der Waals surface area contributed by atoms with Gasteiger partial charge in [0.25, 0.3) is 11.3 Å². The van der Waals surface area contributed by atoms with Crippen LogP contribution in [0, 0.1) is 0 Å². The molecule has 1 aromatic heterocycles. The van der Waals surface area contributed by atoms with E-state index in [1.54, 1.807) is 37.3 Å². The SMILES string of the molecule is CCOC(=O)CCC1(C)OC(=O)C(=C/C=C/C=C/c2c([O-])n(C)c(=O)n(-c3ccccc3)c2=O)C(=O)O1. The molecular weight excluding hydrogens is 484 g/mol. The van der Waals surface area contributed by atoms with Crippen molar-refractivity contribution in [2.45, 2.75) is 32.5 Å². The second-order valence-electron chi connectivity index (χ2n) is 8.08. The molecule has 0 amide bonds. The van der Waals surface area contributed by atoms with Gasteiger partial charge < -0.3 is 23.9 Å². The fourth-order valence-electron chi connectivity index (χ4n) is 3.44. The predicted octanol–water partition coefficient (Wildman–Crippen LogP) is 1.27. The van der Waals surface area contributed by atoms with Gasteiger partial charge in [0.15, 0.2) is 0 Å². The van der Waals surface area contributed by atoms with E-state index in [0.717, 1.165) is 15.2 Å². The molecule has 0 saturated carbocycles. The zero-order chi connectivity index (χ0) is 27.2. The molecule has 2 aromatic rings. The first-order chi connectivity index (χ1) is 17.6. The first-order valence-corrected chi connectivity index (χ1v) is 11.3. The second-order valence-corrected chi connectivity index (χ2v) is 8.08. The third-order valence-electron chi connectivity index (χ3n) is 5.35. The van der Waals surface area contributed by atoms with Crippen molar-refractivity contribution in [3.63, 3.8) is 0 Å². The molecule has 1 fully saturated rings. The van der Waals surface area contributed by atoms with E-state index in [-0.39, 0.29) is 30.6 Å². The Morgan fingerprint density at radius 2 is 1.70 bits per heavy atom. The van der Waals surface area contributed by atoms with Crippen LogP contribution in [0.4, 0.5) is 0 Å². The fraction of sp³-hybridized carbons (Fsp3) is 0.269. The molecule has 0 atom stereocenters. The van der Waals surface area contributed by atoms with Crippen LogP contribution in [0.15, 0.2) is 69.8 Å². The van der Waals surface area contributed by atoms with E-state index in [1.165, 1.54) is 38.3 Å². The summed E-state index contributed by atoms with van der Waals surface area (Å²) in [7, 11) is 1.27. The Bertz CT molecular complexity index is 1390. The van der Waals surface area contributed by atoms with Crippen molar-refractivity contribution in [3.05, 3.63) is 86.6 Å². The highest BCUT2D eigenvalue weighted by Crippen LogP contribution is 2.28. The Morgan fingerprint density at radius 1 is 1.05 bits per heavy atom. The second kappa shape index (κ2) is 11.4. The Labute approximate surface area is 211 Å². The summed E-state index contributed by atoms with van der Waals surface area (Å²) >= 11 is 0. The number of hydrogen-bond acceptors (Lipinski definition) is 9. The normalized spacial score (nSPS) is 17.6. The highest BCUT2D eigenvalue weighted by Gasteiger charge is 2.42.